The van der Waals surface area contributed by atoms with E-state index in [1.807, 2.05) is 6.92 Å². The third-order valence-electron chi connectivity index (χ3n) is 2.55. The molecule has 1 fully saturated rings. The molecule has 1 atom stereocenters. The van der Waals surface area contributed by atoms with Gasteiger partial charge in [-0.25, -0.2) is 0 Å². The van der Waals surface area contributed by atoms with E-state index in [2.05, 4.69) is 17.1 Å². The van der Waals surface area contributed by atoms with E-state index in [-0.39, 0.29) is 18.4 Å². The van der Waals surface area contributed by atoms with Crippen LogP contribution in [0.2, 0.25) is 0 Å². The van der Waals surface area contributed by atoms with Gasteiger partial charge in [0.05, 0.1) is 13.0 Å². The number of carbonyl (C=O) groups excluding carboxylic acids is 1. The Morgan fingerprint density at radius 1 is 1.60 bits per heavy atom. The molecule has 0 amide bonds. The first-order valence-corrected chi connectivity index (χ1v) is 5.34. The van der Waals surface area contributed by atoms with Gasteiger partial charge >= 0.3 is 5.97 Å². The molecular formula is C10H21ClN2O2. The summed E-state index contributed by atoms with van der Waals surface area (Å²) in [6.07, 6.45) is 0.512. The maximum Gasteiger partial charge on any atom is 0.307 e. The second-order valence-electron chi connectivity index (χ2n) is 3.64. The monoisotopic (exact) mass is 236 g/mol. The van der Waals surface area contributed by atoms with E-state index in [0.29, 0.717) is 19.1 Å². The molecule has 0 aromatic rings. The minimum atomic E-state index is -0.0850. The lowest BCUT2D eigenvalue weighted by Gasteiger charge is -2.33. The van der Waals surface area contributed by atoms with Gasteiger partial charge in [0.15, 0.2) is 0 Å². The summed E-state index contributed by atoms with van der Waals surface area (Å²) in [6.45, 7) is 8.39. The maximum atomic E-state index is 11.1. The summed E-state index contributed by atoms with van der Waals surface area (Å²) in [5, 5.41) is 3.32. The number of hydrogen-bond acceptors (Lipinski definition) is 4. The van der Waals surface area contributed by atoms with E-state index in [4.69, 9.17) is 4.74 Å². The van der Waals surface area contributed by atoms with Crippen molar-refractivity contribution in [3.63, 3.8) is 0 Å². The van der Waals surface area contributed by atoms with Crippen LogP contribution in [0.3, 0.4) is 0 Å². The Morgan fingerprint density at radius 3 is 2.93 bits per heavy atom. The molecule has 0 radical (unpaired) electrons. The molecule has 0 aliphatic carbocycles. The van der Waals surface area contributed by atoms with Crippen molar-refractivity contribution in [1.82, 2.24) is 10.2 Å². The topological polar surface area (TPSA) is 41.6 Å². The van der Waals surface area contributed by atoms with Crippen molar-refractivity contribution in [3.8, 4) is 0 Å². The van der Waals surface area contributed by atoms with Crippen LogP contribution in [-0.4, -0.2) is 49.7 Å². The number of esters is 1. The molecule has 1 rings (SSSR count). The van der Waals surface area contributed by atoms with Gasteiger partial charge in [-0.15, -0.1) is 12.4 Å². The number of carbonyl (C=O) groups is 1. The molecular weight excluding hydrogens is 216 g/mol. The maximum absolute atomic E-state index is 11.1. The zero-order chi connectivity index (χ0) is 10.4. The lowest BCUT2D eigenvalue weighted by molar-refractivity contribution is -0.143. The molecule has 0 bridgehead atoms. The van der Waals surface area contributed by atoms with Gasteiger partial charge in [0.2, 0.25) is 0 Å². The van der Waals surface area contributed by atoms with Crippen LogP contribution >= 0.6 is 12.4 Å². The van der Waals surface area contributed by atoms with E-state index < -0.39 is 0 Å². The molecule has 1 aliphatic heterocycles. The molecule has 0 saturated carbocycles. The third-order valence-corrected chi connectivity index (χ3v) is 2.55. The van der Waals surface area contributed by atoms with Crippen LogP contribution < -0.4 is 5.32 Å². The first-order chi connectivity index (χ1) is 6.74. The van der Waals surface area contributed by atoms with E-state index in [1.165, 1.54) is 0 Å². The smallest absolute Gasteiger partial charge is 0.307 e. The molecule has 0 spiro atoms. The van der Waals surface area contributed by atoms with Crippen LogP contribution in [0.25, 0.3) is 0 Å². The van der Waals surface area contributed by atoms with Gasteiger partial charge in [0.1, 0.15) is 0 Å². The van der Waals surface area contributed by atoms with Crippen LogP contribution in [-0.2, 0) is 9.53 Å². The van der Waals surface area contributed by atoms with Crippen LogP contribution in [0.1, 0.15) is 20.3 Å². The molecule has 1 aliphatic rings. The summed E-state index contributed by atoms with van der Waals surface area (Å²) in [5.41, 5.74) is 0. The summed E-state index contributed by atoms with van der Waals surface area (Å²) in [7, 11) is 0. The van der Waals surface area contributed by atoms with Crippen LogP contribution in [0.15, 0.2) is 0 Å². The Bertz CT molecular complexity index is 190. The minimum Gasteiger partial charge on any atom is -0.466 e. The zero-order valence-electron chi connectivity index (χ0n) is 9.49. The highest BCUT2D eigenvalue weighted by atomic mass is 35.5. The fourth-order valence-electron chi connectivity index (χ4n) is 1.68. The predicted molar refractivity (Wildman–Crippen MR) is 62.4 cm³/mol. The summed E-state index contributed by atoms with van der Waals surface area (Å²) >= 11 is 0. The van der Waals surface area contributed by atoms with Crippen molar-refractivity contribution >= 4 is 18.4 Å². The number of ether oxygens (including phenoxy) is 1. The highest BCUT2D eigenvalue weighted by Crippen LogP contribution is 2.03. The quantitative estimate of drug-likeness (QED) is 0.728. The van der Waals surface area contributed by atoms with Crippen molar-refractivity contribution in [2.45, 2.75) is 26.3 Å². The molecule has 1 N–H and O–H groups in total. The Balaban J connectivity index is 0.00000196. The number of nitrogens with zero attached hydrogens (tertiary/aromatic N) is 1. The van der Waals surface area contributed by atoms with E-state index in [0.717, 1.165) is 26.2 Å². The molecule has 1 heterocycles. The lowest BCUT2D eigenvalue weighted by atomic mass is 10.2. The Morgan fingerprint density at radius 2 is 2.33 bits per heavy atom. The molecule has 90 valence electrons. The largest absolute Gasteiger partial charge is 0.466 e. The first-order valence-electron chi connectivity index (χ1n) is 5.34. The summed E-state index contributed by atoms with van der Waals surface area (Å²) < 4.78 is 4.89. The lowest BCUT2D eigenvalue weighted by Crippen LogP contribution is -2.50. The van der Waals surface area contributed by atoms with Gasteiger partial charge in [-0.1, -0.05) is 0 Å². The normalized spacial score (nSPS) is 21.9. The highest BCUT2D eigenvalue weighted by molar-refractivity contribution is 5.85. The molecule has 0 aromatic carbocycles. The first kappa shape index (κ1) is 14.7. The Kier molecular flexibility index (Phi) is 7.74. The number of rotatable bonds is 4. The van der Waals surface area contributed by atoms with Gasteiger partial charge in [0, 0.05) is 32.2 Å². The van der Waals surface area contributed by atoms with Crippen molar-refractivity contribution in [2.24, 2.45) is 0 Å². The number of hydrogen-bond donors (Lipinski definition) is 1. The summed E-state index contributed by atoms with van der Waals surface area (Å²) in [6, 6.07) is 0.526. The molecule has 1 unspecified atom stereocenters. The number of halogens is 1. The number of nitrogens with one attached hydrogen (secondary N) is 1. The van der Waals surface area contributed by atoms with Crippen molar-refractivity contribution in [2.75, 3.05) is 32.8 Å². The average molecular weight is 237 g/mol. The molecule has 4 nitrogen and oxygen atoms in total. The molecule has 15 heavy (non-hydrogen) atoms. The summed E-state index contributed by atoms with van der Waals surface area (Å²) in [4.78, 5) is 13.5. The van der Waals surface area contributed by atoms with Gasteiger partial charge < -0.3 is 10.1 Å². The van der Waals surface area contributed by atoms with Crippen LogP contribution in [0, 0.1) is 0 Å². The minimum absolute atomic E-state index is 0. The predicted octanol–water partition coefficient (Wildman–Crippen LogP) is 0.655. The third kappa shape index (κ3) is 5.35. The van der Waals surface area contributed by atoms with Crippen molar-refractivity contribution < 1.29 is 9.53 Å². The second-order valence-corrected chi connectivity index (χ2v) is 3.64. The Hall–Kier alpha value is -0.320. The fourth-order valence-corrected chi connectivity index (χ4v) is 1.68. The standard InChI is InChI=1S/C10H20N2O2.ClH/c1-3-14-10(13)4-6-12-7-5-11-8-9(12)2;/h9,11H,3-8H2,1-2H3;1H. The van der Waals surface area contributed by atoms with E-state index >= 15 is 0 Å². The Labute approximate surface area is 97.8 Å². The zero-order valence-corrected chi connectivity index (χ0v) is 10.3. The highest BCUT2D eigenvalue weighted by Gasteiger charge is 2.18. The van der Waals surface area contributed by atoms with Gasteiger partial charge in [-0.05, 0) is 13.8 Å². The van der Waals surface area contributed by atoms with E-state index in [9.17, 15) is 4.79 Å². The molecule has 0 aromatic heterocycles. The SMILES string of the molecule is CCOC(=O)CCN1CCNCC1C.Cl. The average Bonchev–Trinajstić information content (AvgIpc) is 2.17. The molecule has 5 heteroatoms. The van der Waals surface area contributed by atoms with Gasteiger partial charge in [-0.3, -0.25) is 9.69 Å². The van der Waals surface area contributed by atoms with Crippen molar-refractivity contribution in [1.29, 1.82) is 0 Å². The van der Waals surface area contributed by atoms with Crippen LogP contribution in [0.4, 0.5) is 0 Å². The second kappa shape index (κ2) is 7.91. The molecule has 1 saturated heterocycles. The fraction of sp³-hybridized carbons (Fsp3) is 0.900. The number of piperazine rings is 1. The van der Waals surface area contributed by atoms with Crippen molar-refractivity contribution in [3.05, 3.63) is 0 Å². The van der Waals surface area contributed by atoms with Gasteiger partial charge in [0.25, 0.3) is 0 Å². The van der Waals surface area contributed by atoms with E-state index in [1.54, 1.807) is 0 Å². The summed E-state index contributed by atoms with van der Waals surface area (Å²) in [5.74, 6) is -0.0850. The van der Waals surface area contributed by atoms with Gasteiger partial charge in [-0.2, -0.15) is 0 Å². The van der Waals surface area contributed by atoms with Crippen LogP contribution in [0.5, 0.6) is 0 Å².